The third-order valence-electron chi connectivity index (χ3n) is 2.07. The largest absolute Gasteiger partial charge is 0.480 e. The van der Waals surface area contributed by atoms with Crippen molar-refractivity contribution in [1.29, 1.82) is 0 Å². The Bertz CT molecular complexity index is 404. The molecule has 0 aliphatic carbocycles. The smallest absolute Gasteiger partial charge is 0.325 e. The number of aliphatic carboxylic acids is 1. The molecule has 0 saturated heterocycles. The zero-order chi connectivity index (χ0) is 12.8. The van der Waals surface area contributed by atoms with Crippen molar-refractivity contribution in [2.24, 2.45) is 0 Å². The zero-order valence-electron chi connectivity index (χ0n) is 9.22. The summed E-state index contributed by atoms with van der Waals surface area (Å²) in [5.41, 5.74) is 0.599. The summed E-state index contributed by atoms with van der Waals surface area (Å²) in [7, 11) is 1.25. The van der Waals surface area contributed by atoms with Crippen molar-refractivity contribution in [3.05, 3.63) is 29.3 Å². The predicted molar refractivity (Wildman–Crippen MR) is 63.3 cm³/mol. The van der Waals surface area contributed by atoms with E-state index in [1.54, 1.807) is 24.3 Å². The maximum absolute atomic E-state index is 11.2. The number of methoxy groups -OCH3 is 1. The fraction of sp³-hybridized carbons (Fsp3) is 0.273. The van der Waals surface area contributed by atoms with E-state index in [4.69, 9.17) is 16.7 Å². The van der Waals surface area contributed by atoms with Crippen LogP contribution in [-0.2, 0) is 14.3 Å². The summed E-state index contributed by atoms with van der Waals surface area (Å²) in [5, 5.41) is 9.31. The number of benzene rings is 1. The summed E-state index contributed by atoms with van der Waals surface area (Å²) >= 11 is 5.73. The van der Waals surface area contributed by atoms with Crippen molar-refractivity contribution in [3.8, 4) is 0 Å². The molecule has 0 radical (unpaired) electrons. The molecule has 1 rings (SSSR count). The van der Waals surface area contributed by atoms with Gasteiger partial charge in [-0.1, -0.05) is 11.6 Å². The van der Waals surface area contributed by atoms with Gasteiger partial charge in [0.2, 0.25) is 0 Å². The number of esters is 1. The van der Waals surface area contributed by atoms with Crippen LogP contribution >= 0.6 is 11.6 Å². The molecule has 0 heterocycles. The first-order chi connectivity index (χ1) is 8.02. The van der Waals surface area contributed by atoms with Crippen LogP contribution in [0.2, 0.25) is 5.02 Å². The van der Waals surface area contributed by atoms with Gasteiger partial charge in [-0.3, -0.25) is 9.59 Å². The Kier molecular flexibility index (Phi) is 4.78. The normalized spacial score (nSPS) is 9.76. The number of carboxylic acid groups (broad SMARTS) is 1. The van der Waals surface area contributed by atoms with Gasteiger partial charge in [0.05, 0.1) is 7.11 Å². The van der Waals surface area contributed by atoms with Crippen LogP contribution in [0.3, 0.4) is 0 Å². The molecule has 0 spiro atoms. The first-order valence-electron chi connectivity index (χ1n) is 4.82. The van der Waals surface area contributed by atoms with Crippen LogP contribution in [0.5, 0.6) is 0 Å². The molecule has 0 aromatic heterocycles. The van der Waals surface area contributed by atoms with E-state index in [-0.39, 0.29) is 13.1 Å². The van der Waals surface area contributed by atoms with Crippen LogP contribution in [0.4, 0.5) is 5.69 Å². The highest BCUT2D eigenvalue weighted by Gasteiger charge is 2.14. The fourth-order valence-corrected chi connectivity index (χ4v) is 1.40. The molecule has 0 unspecified atom stereocenters. The minimum absolute atomic E-state index is 0.121. The van der Waals surface area contributed by atoms with Crippen LogP contribution < -0.4 is 4.90 Å². The highest BCUT2D eigenvalue weighted by molar-refractivity contribution is 6.30. The molecule has 0 bridgehead atoms. The lowest BCUT2D eigenvalue weighted by Crippen LogP contribution is -2.35. The van der Waals surface area contributed by atoms with Crippen LogP contribution in [0.1, 0.15) is 0 Å². The molecule has 0 aliphatic rings. The van der Waals surface area contributed by atoms with Gasteiger partial charge in [-0.25, -0.2) is 0 Å². The molecule has 1 aromatic rings. The number of hydrogen-bond acceptors (Lipinski definition) is 4. The number of hydrogen-bond donors (Lipinski definition) is 1. The van der Waals surface area contributed by atoms with Crippen LogP contribution in [0.15, 0.2) is 24.3 Å². The van der Waals surface area contributed by atoms with Gasteiger partial charge >= 0.3 is 11.9 Å². The summed E-state index contributed by atoms with van der Waals surface area (Å²) in [4.78, 5) is 23.3. The molecular weight excluding hydrogens is 246 g/mol. The van der Waals surface area contributed by atoms with E-state index in [1.165, 1.54) is 12.0 Å². The van der Waals surface area contributed by atoms with Crippen molar-refractivity contribution < 1.29 is 19.4 Å². The summed E-state index contributed by atoms with van der Waals surface area (Å²) in [6.07, 6.45) is 0. The minimum atomic E-state index is -1.02. The van der Waals surface area contributed by atoms with E-state index in [1.807, 2.05) is 0 Å². The first-order valence-corrected chi connectivity index (χ1v) is 5.20. The van der Waals surface area contributed by atoms with E-state index < -0.39 is 11.9 Å². The molecule has 0 amide bonds. The van der Waals surface area contributed by atoms with Gasteiger partial charge in [-0.15, -0.1) is 0 Å². The van der Waals surface area contributed by atoms with E-state index in [9.17, 15) is 9.59 Å². The number of carbonyl (C=O) groups excluding carboxylic acids is 1. The van der Waals surface area contributed by atoms with E-state index >= 15 is 0 Å². The van der Waals surface area contributed by atoms with Gasteiger partial charge in [-0.05, 0) is 24.3 Å². The zero-order valence-corrected chi connectivity index (χ0v) is 9.98. The lowest BCUT2D eigenvalue weighted by atomic mass is 10.3. The van der Waals surface area contributed by atoms with Crippen molar-refractivity contribution in [1.82, 2.24) is 0 Å². The fourth-order valence-electron chi connectivity index (χ4n) is 1.27. The van der Waals surface area contributed by atoms with Gasteiger partial charge in [0.1, 0.15) is 13.1 Å². The van der Waals surface area contributed by atoms with E-state index in [0.29, 0.717) is 10.7 Å². The third-order valence-corrected chi connectivity index (χ3v) is 2.32. The standard InChI is InChI=1S/C11H12ClNO4/c1-17-11(16)7-13(6-10(14)15)9-4-2-8(12)3-5-9/h2-5H,6-7H2,1H3,(H,14,15). The Balaban J connectivity index is 2.85. The molecule has 6 heteroatoms. The number of nitrogens with zero attached hydrogens (tertiary/aromatic N) is 1. The Labute approximate surface area is 104 Å². The van der Waals surface area contributed by atoms with Gasteiger partial charge in [-0.2, -0.15) is 0 Å². The van der Waals surface area contributed by atoms with Gasteiger partial charge in [0.15, 0.2) is 0 Å². The topological polar surface area (TPSA) is 66.8 Å². The maximum atomic E-state index is 11.2. The van der Waals surface area contributed by atoms with Crippen LogP contribution in [0, 0.1) is 0 Å². The van der Waals surface area contributed by atoms with Gasteiger partial charge in [0.25, 0.3) is 0 Å². The Morgan fingerprint density at radius 1 is 1.29 bits per heavy atom. The average Bonchev–Trinajstić information content (AvgIpc) is 2.28. The number of ether oxygens (including phenoxy) is 1. The lowest BCUT2D eigenvalue weighted by molar-refractivity contribution is -0.139. The Morgan fingerprint density at radius 3 is 2.35 bits per heavy atom. The van der Waals surface area contributed by atoms with Gasteiger partial charge < -0.3 is 14.7 Å². The SMILES string of the molecule is COC(=O)CN(CC(=O)O)c1ccc(Cl)cc1. The van der Waals surface area contributed by atoms with E-state index in [0.717, 1.165) is 0 Å². The summed E-state index contributed by atoms with van der Waals surface area (Å²) in [6.45, 7) is -0.402. The summed E-state index contributed by atoms with van der Waals surface area (Å²) < 4.78 is 4.51. The second-order valence-corrected chi connectivity index (χ2v) is 3.74. The molecule has 0 fully saturated rings. The minimum Gasteiger partial charge on any atom is -0.480 e. The van der Waals surface area contributed by atoms with Gasteiger partial charge in [0, 0.05) is 10.7 Å². The highest BCUT2D eigenvalue weighted by Crippen LogP contribution is 2.17. The summed E-state index contributed by atoms with van der Waals surface area (Å²) in [6, 6.07) is 6.55. The molecule has 92 valence electrons. The molecule has 0 saturated carbocycles. The Morgan fingerprint density at radius 2 is 1.88 bits per heavy atom. The number of anilines is 1. The highest BCUT2D eigenvalue weighted by atomic mass is 35.5. The summed E-state index contributed by atoms with van der Waals surface area (Å²) in [5.74, 6) is -1.52. The Hall–Kier alpha value is -1.75. The molecule has 0 atom stereocenters. The molecule has 1 N–H and O–H groups in total. The average molecular weight is 258 g/mol. The predicted octanol–water partition coefficient (Wildman–Crippen LogP) is 1.40. The molecular formula is C11H12ClNO4. The van der Waals surface area contributed by atoms with Crippen LogP contribution in [-0.4, -0.2) is 37.2 Å². The van der Waals surface area contributed by atoms with Crippen molar-refractivity contribution in [2.75, 3.05) is 25.1 Å². The molecule has 1 aromatic carbocycles. The monoisotopic (exact) mass is 257 g/mol. The second kappa shape index (κ2) is 6.10. The number of carboxylic acids is 1. The van der Waals surface area contributed by atoms with Crippen LogP contribution in [0.25, 0.3) is 0 Å². The maximum Gasteiger partial charge on any atom is 0.325 e. The number of halogens is 1. The number of carbonyl (C=O) groups is 2. The quantitative estimate of drug-likeness (QED) is 0.808. The molecule has 0 aliphatic heterocycles. The second-order valence-electron chi connectivity index (χ2n) is 3.30. The van der Waals surface area contributed by atoms with Crippen molar-refractivity contribution in [2.45, 2.75) is 0 Å². The van der Waals surface area contributed by atoms with E-state index in [2.05, 4.69) is 4.74 Å². The van der Waals surface area contributed by atoms with Crippen molar-refractivity contribution in [3.63, 3.8) is 0 Å². The first kappa shape index (κ1) is 13.3. The molecule has 17 heavy (non-hydrogen) atoms. The van der Waals surface area contributed by atoms with Crippen molar-refractivity contribution >= 4 is 29.2 Å². The molecule has 5 nitrogen and oxygen atoms in total. The third kappa shape index (κ3) is 4.32. The number of rotatable bonds is 5. The lowest BCUT2D eigenvalue weighted by Gasteiger charge is -2.21.